The molecule has 0 bridgehead atoms. The summed E-state index contributed by atoms with van der Waals surface area (Å²) in [4.78, 5) is 13.6. The Labute approximate surface area is 169 Å². The van der Waals surface area contributed by atoms with Crippen LogP contribution in [0.25, 0.3) is 6.08 Å². The van der Waals surface area contributed by atoms with Crippen molar-refractivity contribution in [3.8, 4) is 11.5 Å². The van der Waals surface area contributed by atoms with Crippen LogP contribution in [0.1, 0.15) is 5.56 Å². The molecule has 27 heavy (non-hydrogen) atoms. The lowest BCUT2D eigenvalue weighted by molar-refractivity contribution is -0.121. The van der Waals surface area contributed by atoms with Gasteiger partial charge in [0.2, 0.25) is 0 Å². The minimum Gasteiger partial charge on any atom is -0.493 e. The number of allylic oxidation sites excluding steroid dienone is 2. The van der Waals surface area contributed by atoms with E-state index < -0.39 is 0 Å². The van der Waals surface area contributed by atoms with Crippen LogP contribution in [0.5, 0.6) is 11.5 Å². The first kappa shape index (κ1) is 21.4. The normalized spacial score (nSPS) is 14.4. The molecule has 1 aromatic carbocycles. The molecule has 1 aliphatic rings. The van der Waals surface area contributed by atoms with Crippen molar-refractivity contribution in [1.29, 1.82) is 0 Å². The minimum absolute atomic E-state index is 0.0931. The van der Waals surface area contributed by atoms with Crippen molar-refractivity contribution in [2.75, 3.05) is 46.5 Å². The summed E-state index contributed by atoms with van der Waals surface area (Å²) < 4.78 is 21.7. The van der Waals surface area contributed by atoms with Crippen LogP contribution in [-0.4, -0.2) is 61.7 Å². The highest BCUT2D eigenvalue weighted by Gasteiger charge is 2.21. The number of thiocarbonyl (C=S) groups is 1. The Morgan fingerprint density at radius 3 is 2.81 bits per heavy atom. The summed E-state index contributed by atoms with van der Waals surface area (Å²) in [5.41, 5.74) is 0.920. The number of methoxy groups -OCH3 is 2. The van der Waals surface area contributed by atoms with Gasteiger partial charge in [0.25, 0.3) is 5.91 Å². The lowest BCUT2D eigenvalue weighted by Gasteiger charge is -2.11. The molecule has 0 N–H and O–H groups in total. The summed E-state index contributed by atoms with van der Waals surface area (Å²) in [5, 5.41) is 0. The van der Waals surface area contributed by atoms with Gasteiger partial charge in [-0.2, -0.15) is 0 Å². The maximum absolute atomic E-state index is 12.0. The molecule has 1 saturated heterocycles. The van der Waals surface area contributed by atoms with Crippen LogP contribution in [0.4, 0.5) is 0 Å². The zero-order valence-corrected chi connectivity index (χ0v) is 17.0. The molecule has 0 atom stereocenters. The van der Waals surface area contributed by atoms with E-state index in [4.69, 9.17) is 31.2 Å². The standard InChI is InChI=1S/C19H23NO5S2/c1-22-10-11-24-14-25-16-8-7-15(13-17(16)23-2)5-3-4-6-18(21)20-9-12-27-19(20)26/h3-8,13H,9-12,14H2,1-2H3. The summed E-state index contributed by atoms with van der Waals surface area (Å²) in [7, 11) is 3.20. The predicted molar refractivity (Wildman–Crippen MR) is 111 cm³/mol. The lowest BCUT2D eigenvalue weighted by atomic mass is 10.2. The van der Waals surface area contributed by atoms with Gasteiger partial charge in [0.05, 0.1) is 20.3 Å². The highest BCUT2D eigenvalue weighted by atomic mass is 32.2. The SMILES string of the molecule is COCCOCOc1ccc(C=CC=CC(=O)N2CCSC2=S)cc1OC. The first-order valence-electron chi connectivity index (χ1n) is 8.36. The van der Waals surface area contributed by atoms with E-state index in [0.29, 0.717) is 35.6 Å². The number of nitrogens with zero attached hydrogens (tertiary/aromatic N) is 1. The van der Waals surface area contributed by atoms with Crippen molar-refractivity contribution in [1.82, 2.24) is 4.90 Å². The molecule has 0 radical (unpaired) electrons. The zero-order chi connectivity index (χ0) is 19.5. The Kier molecular flexibility index (Phi) is 9.34. The monoisotopic (exact) mass is 409 g/mol. The fourth-order valence-corrected chi connectivity index (χ4v) is 3.42. The molecule has 0 unspecified atom stereocenters. The quantitative estimate of drug-likeness (QED) is 0.193. The van der Waals surface area contributed by atoms with Crippen molar-refractivity contribution in [3.63, 3.8) is 0 Å². The number of carbonyl (C=O) groups is 1. The van der Waals surface area contributed by atoms with Crippen LogP contribution in [0.15, 0.2) is 36.4 Å². The van der Waals surface area contributed by atoms with Crippen LogP contribution in [0.3, 0.4) is 0 Å². The topological polar surface area (TPSA) is 57.2 Å². The molecule has 6 nitrogen and oxygen atoms in total. The average Bonchev–Trinajstić information content (AvgIpc) is 3.11. The van der Waals surface area contributed by atoms with E-state index in [0.717, 1.165) is 11.3 Å². The number of carbonyl (C=O) groups excluding carboxylic acids is 1. The van der Waals surface area contributed by atoms with Crippen LogP contribution in [0, 0.1) is 0 Å². The Morgan fingerprint density at radius 2 is 2.11 bits per heavy atom. The number of ether oxygens (including phenoxy) is 4. The van der Waals surface area contributed by atoms with E-state index in [2.05, 4.69) is 0 Å². The first-order chi connectivity index (χ1) is 13.2. The van der Waals surface area contributed by atoms with Gasteiger partial charge >= 0.3 is 0 Å². The van der Waals surface area contributed by atoms with Gasteiger partial charge in [0.15, 0.2) is 18.3 Å². The Balaban J connectivity index is 1.88. The van der Waals surface area contributed by atoms with E-state index >= 15 is 0 Å². The summed E-state index contributed by atoms with van der Waals surface area (Å²) in [6.45, 7) is 1.77. The fraction of sp³-hybridized carbons (Fsp3) is 0.368. The van der Waals surface area contributed by atoms with Crippen molar-refractivity contribution < 1.29 is 23.7 Å². The third-order valence-electron chi connectivity index (χ3n) is 3.58. The zero-order valence-electron chi connectivity index (χ0n) is 15.4. The minimum atomic E-state index is -0.0931. The molecule has 1 aliphatic heterocycles. The average molecular weight is 410 g/mol. The van der Waals surface area contributed by atoms with Crippen LogP contribution < -0.4 is 9.47 Å². The molecule has 0 aromatic heterocycles. The highest BCUT2D eigenvalue weighted by Crippen LogP contribution is 2.28. The highest BCUT2D eigenvalue weighted by molar-refractivity contribution is 8.23. The molecule has 146 valence electrons. The van der Waals surface area contributed by atoms with Crippen molar-refractivity contribution in [3.05, 3.63) is 42.0 Å². The second-order valence-electron chi connectivity index (χ2n) is 5.40. The number of benzene rings is 1. The molecule has 0 spiro atoms. The number of hydrogen-bond donors (Lipinski definition) is 0. The van der Waals surface area contributed by atoms with E-state index in [1.165, 1.54) is 17.8 Å². The second-order valence-corrected chi connectivity index (χ2v) is 7.12. The molecule has 1 heterocycles. The maximum Gasteiger partial charge on any atom is 0.252 e. The van der Waals surface area contributed by atoms with Gasteiger partial charge in [0.1, 0.15) is 4.32 Å². The molecule has 1 aromatic rings. The van der Waals surface area contributed by atoms with Crippen LogP contribution in [-0.2, 0) is 14.3 Å². The maximum atomic E-state index is 12.0. The fourth-order valence-electron chi connectivity index (χ4n) is 2.20. The third-order valence-corrected chi connectivity index (χ3v) is 5.01. The lowest BCUT2D eigenvalue weighted by Crippen LogP contribution is -2.28. The summed E-state index contributed by atoms with van der Waals surface area (Å²) >= 11 is 6.67. The van der Waals surface area contributed by atoms with Gasteiger partial charge in [-0.25, -0.2) is 0 Å². The number of hydrogen-bond acceptors (Lipinski definition) is 7. The van der Waals surface area contributed by atoms with Gasteiger partial charge in [-0.15, -0.1) is 0 Å². The van der Waals surface area contributed by atoms with Crippen LogP contribution >= 0.6 is 24.0 Å². The molecule has 8 heteroatoms. The molecular formula is C19H23NO5S2. The van der Waals surface area contributed by atoms with Gasteiger partial charge < -0.3 is 18.9 Å². The number of thioether (sulfide) groups is 1. The van der Waals surface area contributed by atoms with Crippen LogP contribution in [0.2, 0.25) is 0 Å². The second kappa shape index (κ2) is 11.8. The van der Waals surface area contributed by atoms with Crippen molar-refractivity contribution >= 4 is 40.3 Å². The molecule has 2 rings (SSSR count). The van der Waals surface area contributed by atoms with Gasteiger partial charge in [-0.05, 0) is 17.7 Å². The van der Waals surface area contributed by atoms with Gasteiger partial charge in [-0.1, -0.05) is 48.3 Å². The van der Waals surface area contributed by atoms with Crippen molar-refractivity contribution in [2.45, 2.75) is 0 Å². The van der Waals surface area contributed by atoms with Crippen molar-refractivity contribution in [2.24, 2.45) is 0 Å². The third kappa shape index (κ3) is 6.99. The molecule has 0 aliphatic carbocycles. The summed E-state index contributed by atoms with van der Waals surface area (Å²) in [5.74, 6) is 1.97. The molecule has 1 amide bonds. The largest absolute Gasteiger partial charge is 0.493 e. The number of rotatable bonds is 10. The molecular weight excluding hydrogens is 386 g/mol. The summed E-state index contributed by atoms with van der Waals surface area (Å²) in [6.07, 6.45) is 6.89. The Hall–Kier alpha value is -1.87. The van der Waals surface area contributed by atoms with E-state index in [1.807, 2.05) is 24.3 Å². The van der Waals surface area contributed by atoms with E-state index in [1.54, 1.807) is 31.3 Å². The van der Waals surface area contributed by atoms with Gasteiger partial charge in [0, 0.05) is 25.5 Å². The first-order valence-corrected chi connectivity index (χ1v) is 9.75. The summed E-state index contributed by atoms with van der Waals surface area (Å²) in [6, 6.07) is 5.56. The smallest absolute Gasteiger partial charge is 0.252 e. The van der Waals surface area contributed by atoms with E-state index in [9.17, 15) is 4.79 Å². The Morgan fingerprint density at radius 1 is 1.26 bits per heavy atom. The molecule has 0 saturated carbocycles. The Bertz CT molecular complexity index is 705. The van der Waals surface area contributed by atoms with Gasteiger partial charge in [-0.3, -0.25) is 9.69 Å². The predicted octanol–water partition coefficient (Wildman–Crippen LogP) is 3.12. The van der Waals surface area contributed by atoms with E-state index in [-0.39, 0.29) is 12.7 Å². The molecule has 1 fully saturated rings. The number of amides is 1.